The molecule has 3 heterocycles. The maximum atomic E-state index is 8.63. The van der Waals surface area contributed by atoms with Gasteiger partial charge in [0, 0.05) is 37.2 Å². The largest absolute Gasteiger partial charge is 0.501 e. The molecule has 8 rings (SSSR count). The van der Waals surface area contributed by atoms with E-state index in [1.54, 1.807) is 18.3 Å². The summed E-state index contributed by atoms with van der Waals surface area (Å²) in [5.41, 5.74) is 8.55. The number of fused-ring (bicyclic) bond motifs is 4. The zero-order valence-corrected chi connectivity index (χ0v) is 31.4. The molecular weight excluding hydrogens is 813 g/mol. The summed E-state index contributed by atoms with van der Waals surface area (Å²) >= 11 is -1.77. The summed E-state index contributed by atoms with van der Waals surface area (Å²) in [5.74, 6) is 7.20. The van der Waals surface area contributed by atoms with Crippen LogP contribution in [0.2, 0.25) is 17.3 Å². The molecule has 7 aromatic rings. The molecule has 0 fully saturated rings. The van der Waals surface area contributed by atoms with Crippen molar-refractivity contribution in [3.63, 3.8) is 0 Å². The summed E-state index contributed by atoms with van der Waals surface area (Å²) in [4.78, 5) is 9.10. The van der Waals surface area contributed by atoms with Crippen molar-refractivity contribution < 1.29 is 30.0 Å². The van der Waals surface area contributed by atoms with Gasteiger partial charge in [0.2, 0.25) is 0 Å². The van der Waals surface area contributed by atoms with Gasteiger partial charge in [-0.3, -0.25) is 0 Å². The maximum absolute atomic E-state index is 8.63. The van der Waals surface area contributed by atoms with Gasteiger partial charge < -0.3 is 9.40 Å². The second kappa shape index (κ2) is 14.1. The standard InChI is InChI=1S/C27H20NO.C15H18GeN.Ir/c1-2-7-18(8-3-1)20-13-14-22-23-11-6-12-24(27(23)29-25(22)17-20)26-21-10-5-4-9-19(21)15-16-28-26;1-12-10-15(13-8-6-5-7-9-13)17-11-14(12)16(2,3)4;/h1-3,6-8,11,13-17H,4-5,9-10H2;5-8,10-11H,1-4H3;/q2*-1;/i9D2,10D2;;. The van der Waals surface area contributed by atoms with E-state index in [-0.39, 0.29) is 32.9 Å². The number of aryl methyl sites for hydroxylation is 2. The van der Waals surface area contributed by atoms with Crippen molar-refractivity contribution in [2.75, 3.05) is 0 Å². The van der Waals surface area contributed by atoms with Crippen LogP contribution in [-0.2, 0) is 32.9 Å². The number of hydrogen-bond donors (Lipinski definition) is 0. The predicted molar refractivity (Wildman–Crippen MR) is 194 cm³/mol. The van der Waals surface area contributed by atoms with Crippen LogP contribution in [0.15, 0.2) is 114 Å². The van der Waals surface area contributed by atoms with Crippen molar-refractivity contribution in [2.24, 2.45) is 0 Å². The molecule has 1 aliphatic carbocycles. The van der Waals surface area contributed by atoms with Crippen LogP contribution in [0.4, 0.5) is 0 Å². The van der Waals surface area contributed by atoms with Crippen LogP contribution in [0.5, 0.6) is 0 Å². The van der Waals surface area contributed by atoms with E-state index in [0.29, 0.717) is 28.0 Å². The third-order valence-electron chi connectivity index (χ3n) is 8.37. The molecule has 0 unspecified atom stereocenters. The van der Waals surface area contributed by atoms with E-state index < -0.39 is 26.0 Å². The SMILES string of the molecule is Cc1cc(-c2[c-]cccc2)nc[c]1[Ge]([CH3])([CH3])[CH3].[2H]C1([2H])CCC([2H])([2H])c2c1ccnc2-c1[c-]ccc2c1oc1cc(-c3ccccc3)ccc12.[Ir]. The predicted octanol–water partition coefficient (Wildman–Crippen LogP) is 10.4. The Morgan fingerprint density at radius 3 is 2.36 bits per heavy atom. The second-order valence-electron chi connectivity index (χ2n) is 12.6. The summed E-state index contributed by atoms with van der Waals surface area (Å²) in [6.45, 7) is 2.19. The normalized spacial score (nSPS) is 16.0. The average Bonchev–Trinajstić information content (AvgIpc) is 3.49. The Hall–Kier alpha value is -3.83. The number of furan rings is 1. The van der Waals surface area contributed by atoms with Gasteiger partial charge in [-0.05, 0) is 54.5 Å². The van der Waals surface area contributed by atoms with Gasteiger partial charge in [0.25, 0.3) is 0 Å². The fourth-order valence-corrected chi connectivity index (χ4v) is 9.71. The molecule has 0 aliphatic heterocycles. The van der Waals surface area contributed by atoms with E-state index in [0.717, 1.165) is 38.7 Å². The van der Waals surface area contributed by atoms with Gasteiger partial charge in [-0.15, -0.1) is 18.2 Å². The van der Waals surface area contributed by atoms with Crippen LogP contribution in [0.25, 0.3) is 55.6 Å². The van der Waals surface area contributed by atoms with Gasteiger partial charge in [-0.25, -0.2) is 0 Å². The summed E-state index contributed by atoms with van der Waals surface area (Å²) < 4.78 is 41.9. The Balaban J connectivity index is 0.000000211. The van der Waals surface area contributed by atoms with Crippen molar-refractivity contribution in [3.8, 4) is 33.6 Å². The fourth-order valence-electron chi connectivity index (χ4n) is 6.13. The van der Waals surface area contributed by atoms with Crippen LogP contribution >= 0.6 is 0 Å². The van der Waals surface area contributed by atoms with Gasteiger partial charge in [-0.1, -0.05) is 64.5 Å². The van der Waals surface area contributed by atoms with Crippen molar-refractivity contribution in [3.05, 3.63) is 138 Å². The molecule has 0 amide bonds. The van der Waals surface area contributed by atoms with E-state index in [1.807, 2.05) is 54.6 Å². The van der Waals surface area contributed by atoms with Gasteiger partial charge in [-0.2, -0.15) is 0 Å². The monoisotopic (exact) mass is 857 g/mol. The summed E-state index contributed by atoms with van der Waals surface area (Å²) in [5, 5.41) is 1.86. The molecule has 0 saturated carbocycles. The molecule has 0 N–H and O–H groups in total. The van der Waals surface area contributed by atoms with Gasteiger partial charge in [0.15, 0.2) is 0 Å². The molecule has 0 saturated heterocycles. The smallest absolute Gasteiger partial charge is 0.121 e. The number of nitrogens with zero attached hydrogens (tertiary/aromatic N) is 2. The topological polar surface area (TPSA) is 38.9 Å². The first-order chi connectivity index (χ1) is 23.8. The molecule has 3 aromatic heterocycles. The first-order valence-electron chi connectivity index (χ1n) is 17.7. The van der Waals surface area contributed by atoms with Crippen LogP contribution < -0.4 is 4.40 Å². The van der Waals surface area contributed by atoms with Gasteiger partial charge >= 0.3 is 106 Å². The number of aromatic nitrogens is 2. The van der Waals surface area contributed by atoms with Crippen molar-refractivity contribution >= 4 is 39.6 Å². The van der Waals surface area contributed by atoms with E-state index in [4.69, 9.17) is 9.90 Å². The van der Waals surface area contributed by atoms with Crippen LogP contribution in [0, 0.1) is 19.1 Å². The zero-order valence-electron chi connectivity index (χ0n) is 30.9. The molecule has 3 nitrogen and oxygen atoms in total. The van der Waals surface area contributed by atoms with Crippen molar-refractivity contribution in [2.45, 2.75) is 49.8 Å². The molecular formula is C42H38GeIrN2O-2. The number of rotatable bonds is 4. The summed E-state index contributed by atoms with van der Waals surface area (Å²) in [6.07, 6.45) is 0.569. The Bertz CT molecular complexity index is 2340. The van der Waals surface area contributed by atoms with Crippen LogP contribution in [-0.4, -0.2) is 23.2 Å². The van der Waals surface area contributed by atoms with E-state index in [9.17, 15) is 0 Å². The maximum Gasteiger partial charge on any atom is 0.121 e. The van der Waals surface area contributed by atoms with Crippen molar-refractivity contribution in [1.82, 2.24) is 9.97 Å². The Morgan fingerprint density at radius 1 is 0.787 bits per heavy atom. The van der Waals surface area contributed by atoms with E-state index >= 15 is 0 Å². The van der Waals surface area contributed by atoms with Gasteiger partial charge in [0.1, 0.15) is 5.58 Å². The molecule has 1 aliphatic rings. The molecule has 0 bridgehead atoms. The number of pyridine rings is 2. The quantitative estimate of drug-likeness (QED) is 0.131. The molecule has 0 atom stereocenters. The number of benzene rings is 4. The van der Waals surface area contributed by atoms with Crippen LogP contribution in [0.1, 0.15) is 35.0 Å². The minimum atomic E-state index is -1.77. The average molecular weight is 856 g/mol. The van der Waals surface area contributed by atoms with Crippen LogP contribution in [0.3, 0.4) is 0 Å². The second-order valence-corrected chi connectivity index (χ2v) is 23.2. The third-order valence-corrected chi connectivity index (χ3v) is 12.9. The minimum Gasteiger partial charge on any atom is -0.501 e. The van der Waals surface area contributed by atoms with E-state index in [2.05, 4.69) is 82.8 Å². The molecule has 5 heteroatoms. The summed E-state index contributed by atoms with van der Waals surface area (Å²) in [7, 11) is 0. The molecule has 237 valence electrons. The molecule has 4 aromatic carbocycles. The first-order valence-corrected chi connectivity index (χ1v) is 23.0. The number of hydrogen-bond acceptors (Lipinski definition) is 3. The molecule has 47 heavy (non-hydrogen) atoms. The molecule has 1 radical (unpaired) electrons. The van der Waals surface area contributed by atoms with Crippen molar-refractivity contribution in [1.29, 1.82) is 0 Å². The fraction of sp³-hybridized carbons (Fsp3) is 0.190. The minimum absolute atomic E-state index is 0. The Labute approximate surface area is 299 Å². The first kappa shape index (κ1) is 28.2. The van der Waals surface area contributed by atoms with Gasteiger partial charge in [0.05, 0.1) is 5.58 Å². The van der Waals surface area contributed by atoms with E-state index in [1.165, 1.54) is 9.96 Å². The zero-order chi connectivity index (χ0) is 35.3. The Kier molecular flexibility index (Phi) is 8.47. The third kappa shape index (κ3) is 6.92. The summed E-state index contributed by atoms with van der Waals surface area (Å²) in [6, 6.07) is 38.2. The molecule has 0 spiro atoms. The Morgan fingerprint density at radius 2 is 1.60 bits per heavy atom.